The van der Waals surface area contributed by atoms with Crippen molar-refractivity contribution in [1.82, 2.24) is 4.90 Å². The highest BCUT2D eigenvalue weighted by molar-refractivity contribution is 5.71. The third-order valence-corrected chi connectivity index (χ3v) is 5.42. The van der Waals surface area contributed by atoms with Gasteiger partial charge in [-0.3, -0.25) is 10.1 Å². The van der Waals surface area contributed by atoms with Crippen LogP contribution in [0.2, 0.25) is 0 Å². The number of ether oxygens (including phenoxy) is 1. The molecule has 29 heavy (non-hydrogen) atoms. The molecule has 1 saturated heterocycles. The minimum Gasteiger partial charge on any atom is -0.441 e. The second kappa shape index (κ2) is 7.90. The number of carbonyl (C=O) groups excluding carboxylic acids is 1. The molecule has 1 spiro atoms. The summed E-state index contributed by atoms with van der Waals surface area (Å²) in [7, 11) is 0. The van der Waals surface area contributed by atoms with Gasteiger partial charge in [-0.05, 0) is 49.1 Å². The second-order valence-electron chi connectivity index (χ2n) is 9.31. The Balaban J connectivity index is 1.71. The maximum absolute atomic E-state index is 12.4. The number of nitrogens with zero attached hydrogens (tertiary/aromatic N) is 3. The van der Waals surface area contributed by atoms with Crippen molar-refractivity contribution in [3.63, 3.8) is 0 Å². The molecular weight excluding hydrogens is 372 g/mol. The van der Waals surface area contributed by atoms with E-state index in [1.807, 2.05) is 6.07 Å². The van der Waals surface area contributed by atoms with Crippen molar-refractivity contribution >= 4 is 17.5 Å². The summed E-state index contributed by atoms with van der Waals surface area (Å²) in [6.45, 7) is 7.86. The van der Waals surface area contributed by atoms with E-state index in [1.54, 1.807) is 4.90 Å². The average Bonchev–Trinajstić information content (AvgIpc) is 2.92. The number of amides is 1. The SMILES string of the molecule is [2H]c1c(C#N)ccc([N+](=O)[O-])c1NCC1CCCC2(C1)CN(CC(C)(C)C)C(=O)O2. The fraction of sp³-hybridized carbons (Fsp3) is 0.619. The van der Waals surface area contributed by atoms with Crippen LogP contribution in [-0.2, 0) is 4.74 Å². The topological polar surface area (TPSA) is 108 Å². The smallest absolute Gasteiger partial charge is 0.410 e. The highest BCUT2D eigenvalue weighted by atomic mass is 16.6. The van der Waals surface area contributed by atoms with E-state index >= 15 is 0 Å². The molecule has 156 valence electrons. The van der Waals surface area contributed by atoms with Crippen molar-refractivity contribution in [3.8, 4) is 6.07 Å². The molecule has 2 unspecified atom stereocenters. The minimum atomic E-state index is -0.549. The van der Waals surface area contributed by atoms with E-state index in [2.05, 4.69) is 26.1 Å². The Bertz CT molecular complexity index is 892. The van der Waals surface area contributed by atoms with Crippen LogP contribution in [0.15, 0.2) is 18.2 Å². The van der Waals surface area contributed by atoms with Crippen LogP contribution in [0.4, 0.5) is 16.2 Å². The number of nitro groups is 1. The number of nitro benzene ring substituents is 1. The van der Waals surface area contributed by atoms with Crippen LogP contribution in [-0.4, -0.2) is 41.2 Å². The van der Waals surface area contributed by atoms with E-state index in [0.717, 1.165) is 19.3 Å². The lowest BCUT2D eigenvalue weighted by atomic mass is 9.77. The average molecular weight is 401 g/mol. The zero-order valence-corrected chi connectivity index (χ0v) is 17.2. The van der Waals surface area contributed by atoms with E-state index in [1.165, 1.54) is 12.1 Å². The summed E-state index contributed by atoms with van der Waals surface area (Å²) in [4.78, 5) is 25.0. The van der Waals surface area contributed by atoms with Gasteiger partial charge in [0.05, 0.1) is 24.5 Å². The molecule has 1 N–H and O–H groups in total. The normalized spacial score (nSPS) is 24.8. The van der Waals surface area contributed by atoms with Crippen LogP contribution in [0, 0.1) is 32.8 Å². The van der Waals surface area contributed by atoms with Crippen molar-refractivity contribution in [2.45, 2.75) is 52.1 Å². The third kappa shape index (κ3) is 4.97. The molecule has 2 atom stereocenters. The van der Waals surface area contributed by atoms with Crippen molar-refractivity contribution in [2.75, 3.05) is 25.0 Å². The summed E-state index contributed by atoms with van der Waals surface area (Å²) in [6.07, 6.45) is 3.01. The van der Waals surface area contributed by atoms with Gasteiger partial charge in [0, 0.05) is 19.2 Å². The zero-order chi connectivity index (χ0) is 22.1. The molecule has 1 amide bonds. The van der Waals surface area contributed by atoms with E-state index < -0.39 is 10.5 Å². The van der Waals surface area contributed by atoms with Gasteiger partial charge in [0.2, 0.25) is 0 Å². The van der Waals surface area contributed by atoms with Crippen LogP contribution in [0.5, 0.6) is 0 Å². The first-order valence-corrected chi connectivity index (χ1v) is 9.93. The molecule has 1 saturated carbocycles. The molecule has 1 aromatic rings. The first-order chi connectivity index (χ1) is 14.0. The summed E-state index contributed by atoms with van der Waals surface area (Å²) in [5.74, 6) is 0.144. The number of nitriles is 1. The van der Waals surface area contributed by atoms with Crippen LogP contribution < -0.4 is 5.32 Å². The monoisotopic (exact) mass is 401 g/mol. The van der Waals surface area contributed by atoms with Gasteiger partial charge in [-0.1, -0.05) is 20.8 Å². The zero-order valence-electron chi connectivity index (χ0n) is 18.2. The lowest BCUT2D eigenvalue weighted by molar-refractivity contribution is -0.384. The molecule has 2 aliphatic rings. The van der Waals surface area contributed by atoms with Gasteiger partial charge in [0.1, 0.15) is 11.3 Å². The number of nitrogens with one attached hydrogen (secondary N) is 1. The molecule has 1 heterocycles. The fourth-order valence-corrected chi connectivity index (χ4v) is 4.33. The molecular formula is C21H28N4O4. The van der Waals surface area contributed by atoms with Crippen molar-refractivity contribution < 1.29 is 15.8 Å². The maximum Gasteiger partial charge on any atom is 0.410 e. The summed E-state index contributed by atoms with van der Waals surface area (Å²) < 4.78 is 14.0. The first kappa shape index (κ1) is 19.5. The van der Waals surface area contributed by atoms with E-state index in [-0.39, 0.29) is 40.4 Å². The number of carbonyl (C=O) groups is 1. The Morgan fingerprint density at radius 1 is 1.52 bits per heavy atom. The van der Waals surface area contributed by atoms with E-state index in [0.29, 0.717) is 26.1 Å². The van der Waals surface area contributed by atoms with Gasteiger partial charge >= 0.3 is 6.09 Å². The predicted octanol–water partition coefficient (Wildman–Crippen LogP) is 4.31. The summed E-state index contributed by atoms with van der Waals surface area (Å²) >= 11 is 0. The Morgan fingerprint density at radius 2 is 2.28 bits per heavy atom. The minimum absolute atomic E-state index is 0.0185. The van der Waals surface area contributed by atoms with Crippen LogP contribution >= 0.6 is 0 Å². The Kier molecular flexibility index (Phi) is 5.31. The number of hydrogen-bond donors (Lipinski definition) is 1. The molecule has 1 aromatic carbocycles. The number of hydrogen-bond acceptors (Lipinski definition) is 6. The van der Waals surface area contributed by atoms with E-state index in [4.69, 9.17) is 11.4 Å². The van der Waals surface area contributed by atoms with Gasteiger partial charge in [-0.25, -0.2) is 4.79 Å². The van der Waals surface area contributed by atoms with Gasteiger partial charge in [0.15, 0.2) is 0 Å². The number of rotatable bonds is 5. The molecule has 0 radical (unpaired) electrons. The summed E-state index contributed by atoms with van der Waals surface area (Å²) in [5.41, 5.74) is -0.595. The molecule has 8 heteroatoms. The van der Waals surface area contributed by atoms with Gasteiger partial charge in [-0.2, -0.15) is 5.26 Å². The Hall–Kier alpha value is -2.82. The highest BCUT2D eigenvalue weighted by Gasteiger charge is 2.48. The molecule has 0 bridgehead atoms. The number of anilines is 1. The molecule has 2 fully saturated rings. The van der Waals surface area contributed by atoms with Gasteiger partial charge in [-0.15, -0.1) is 0 Å². The first-order valence-electron chi connectivity index (χ1n) is 10.4. The highest BCUT2D eigenvalue weighted by Crippen LogP contribution is 2.41. The fourth-order valence-electron chi connectivity index (χ4n) is 4.33. The predicted molar refractivity (Wildman–Crippen MR) is 108 cm³/mol. The standard InChI is InChI=1S/C21H28N4O4/c1-20(2,3)13-24-14-21(29-19(24)26)8-4-5-16(10-21)12-23-17-9-15(11-22)6-7-18(17)25(27)28/h6-7,9,16,23H,4-5,8,10,12-14H2,1-3H3/i9D. The van der Waals surface area contributed by atoms with Crippen LogP contribution in [0.3, 0.4) is 0 Å². The van der Waals surface area contributed by atoms with Crippen molar-refractivity contribution in [3.05, 3.63) is 33.9 Å². The van der Waals surface area contributed by atoms with Crippen LogP contribution in [0.1, 0.15) is 53.4 Å². The number of benzene rings is 1. The molecule has 8 nitrogen and oxygen atoms in total. The van der Waals surface area contributed by atoms with Gasteiger partial charge < -0.3 is 15.0 Å². The van der Waals surface area contributed by atoms with E-state index in [9.17, 15) is 14.9 Å². The van der Waals surface area contributed by atoms with Crippen LogP contribution in [0.25, 0.3) is 0 Å². The largest absolute Gasteiger partial charge is 0.441 e. The van der Waals surface area contributed by atoms with Crippen molar-refractivity contribution in [1.29, 1.82) is 5.26 Å². The summed E-state index contributed by atoms with van der Waals surface area (Å²) in [5, 5.41) is 23.5. The Morgan fingerprint density at radius 3 is 2.93 bits per heavy atom. The van der Waals surface area contributed by atoms with Crippen molar-refractivity contribution in [2.24, 2.45) is 11.3 Å². The van der Waals surface area contributed by atoms with Gasteiger partial charge in [0.25, 0.3) is 5.69 Å². The lowest BCUT2D eigenvalue weighted by Crippen LogP contribution is -2.42. The molecule has 1 aliphatic carbocycles. The Labute approximate surface area is 172 Å². The maximum atomic E-state index is 12.4. The third-order valence-electron chi connectivity index (χ3n) is 5.42. The molecule has 0 aromatic heterocycles. The molecule has 1 aliphatic heterocycles. The molecule has 3 rings (SSSR count). The summed E-state index contributed by atoms with van der Waals surface area (Å²) in [6, 6.07) is 4.28. The quantitative estimate of drug-likeness (QED) is 0.582. The second-order valence-corrected chi connectivity index (χ2v) is 9.31. The lowest BCUT2D eigenvalue weighted by Gasteiger charge is -2.36.